The largest absolute Gasteiger partial charge is 0.368 e. The Balaban J connectivity index is 4.20. The van der Waals surface area contributed by atoms with Gasteiger partial charge in [0.2, 0.25) is 17.7 Å². The molecule has 0 atom stereocenters. The molecular weight excluding hydrogens is 234 g/mol. The van der Waals surface area contributed by atoms with E-state index >= 15 is 0 Å². The molecule has 0 heterocycles. The Morgan fingerprint density at radius 2 is 1.50 bits per heavy atom. The summed E-state index contributed by atoms with van der Waals surface area (Å²) < 4.78 is 0. The number of nitrogens with two attached hydrogens (primary N) is 2. The number of carbonyl (C=O) groups is 3. The summed E-state index contributed by atoms with van der Waals surface area (Å²) in [5.74, 6) is -1.19. The van der Waals surface area contributed by atoms with Crippen LogP contribution < -0.4 is 11.5 Å². The average Bonchev–Trinajstić information content (AvgIpc) is 2.15. The Labute approximate surface area is 98.9 Å². The molecule has 0 saturated heterocycles. The fourth-order valence-electron chi connectivity index (χ4n) is 1.14. The zero-order valence-corrected chi connectivity index (χ0v) is 9.70. The van der Waals surface area contributed by atoms with Crippen LogP contribution in [0.2, 0.25) is 0 Å². The Morgan fingerprint density at radius 3 is 1.88 bits per heavy atom. The van der Waals surface area contributed by atoms with Gasteiger partial charge in [0.15, 0.2) is 0 Å². The maximum Gasteiger partial charge on any atom is 0.237 e. The van der Waals surface area contributed by atoms with Crippen LogP contribution in [0.25, 0.3) is 0 Å². The lowest BCUT2D eigenvalue weighted by atomic mass is 10.2. The predicted octanol–water partition coefficient (Wildman–Crippen LogP) is -0.805. The second kappa shape index (κ2) is 7.92. The summed E-state index contributed by atoms with van der Waals surface area (Å²) in [6.45, 7) is -0.578. The number of alkyl halides is 1. The van der Waals surface area contributed by atoms with Crippen LogP contribution >= 0.6 is 11.6 Å². The molecule has 0 bridgehead atoms. The highest BCUT2D eigenvalue weighted by atomic mass is 35.5. The van der Waals surface area contributed by atoms with Crippen LogP contribution in [0.4, 0.5) is 0 Å². The maximum atomic E-state index is 11.6. The molecule has 0 aromatic heterocycles. The fraction of sp³-hybridized carbons (Fsp3) is 0.667. The zero-order chi connectivity index (χ0) is 12.6. The molecule has 0 unspecified atom stereocenters. The van der Waals surface area contributed by atoms with Crippen molar-refractivity contribution in [1.82, 2.24) is 4.90 Å². The summed E-state index contributed by atoms with van der Waals surface area (Å²) in [6.07, 6.45) is 1.54. The molecule has 0 saturated carbocycles. The molecule has 7 heteroatoms. The van der Waals surface area contributed by atoms with Crippen LogP contribution in [0.1, 0.15) is 19.3 Å². The third kappa shape index (κ3) is 7.05. The molecule has 92 valence electrons. The molecule has 0 aliphatic rings. The van der Waals surface area contributed by atoms with Crippen molar-refractivity contribution in [3.8, 4) is 0 Å². The molecule has 4 N–H and O–H groups in total. The van der Waals surface area contributed by atoms with Gasteiger partial charge in [-0.3, -0.25) is 14.4 Å². The van der Waals surface area contributed by atoms with E-state index in [-0.39, 0.29) is 25.4 Å². The van der Waals surface area contributed by atoms with Gasteiger partial charge in [-0.1, -0.05) is 0 Å². The van der Waals surface area contributed by atoms with Crippen molar-refractivity contribution in [2.45, 2.75) is 19.3 Å². The first-order chi connectivity index (χ1) is 7.47. The van der Waals surface area contributed by atoms with Crippen molar-refractivity contribution in [1.29, 1.82) is 0 Å². The molecule has 6 nitrogen and oxygen atoms in total. The summed E-state index contributed by atoms with van der Waals surface area (Å²) in [4.78, 5) is 34.0. The van der Waals surface area contributed by atoms with Crippen LogP contribution in [-0.2, 0) is 14.4 Å². The fourth-order valence-corrected chi connectivity index (χ4v) is 1.33. The SMILES string of the molecule is NC(=O)CN(CC(N)=O)C(=O)CCCCCl. The lowest BCUT2D eigenvalue weighted by molar-refractivity contribution is -0.138. The first-order valence-corrected chi connectivity index (χ1v) is 5.41. The van der Waals surface area contributed by atoms with Gasteiger partial charge in [-0.25, -0.2) is 0 Å². The normalized spacial score (nSPS) is 9.81. The highest BCUT2D eigenvalue weighted by molar-refractivity contribution is 6.17. The van der Waals surface area contributed by atoms with E-state index in [0.717, 1.165) is 4.90 Å². The van der Waals surface area contributed by atoms with Crippen LogP contribution in [0.15, 0.2) is 0 Å². The summed E-state index contributed by atoms with van der Waals surface area (Å²) in [5, 5.41) is 0. The second-order valence-corrected chi connectivity index (χ2v) is 3.71. The Kier molecular flexibility index (Phi) is 7.28. The highest BCUT2D eigenvalue weighted by Crippen LogP contribution is 2.02. The van der Waals surface area contributed by atoms with Crippen LogP contribution in [0.5, 0.6) is 0 Å². The van der Waals surface area contributed by atoms with E-state index in [1.54, 1.807) is 0 Å². The van der Waals surface area contributed by atoms with Gasteiger partial charge in [0.05, 0.1) is 13.1 Å². The molecule has 0 spiro atoms. The Hall–Kier alpha value is -1.30. The van der Waals surface area contributed by atoms with Gasteiger partial charge in [0.25, 0.3) is 0 Å². The number of hydrogen-bond donors (Lipinski definition) is 2. The molecule has 0 aromatic carbocycles. The minimum absolute atomic E-state index is 0.229. The predicted molar refractivity (Wildman–Crippen MR) is 59.5 cm³/mol. The van der Waals surface area contributed by atoms with Gasteiger partial charge < -0.3 is 16.4 Å². The van der Waals surface area contributed by atoms with E-state index in [9.17, 15) is 14.4 Å². The topological polar surface area (TPSA) is 106 Å². The van der Waals surface area contributed by atoms with E-state index < -0.39 is 11.8 Å². The molecule has 16 heavy (non-hydrogen) atoms. The third-order valence-electron chi connectivity index (χ3n) is 1.82. The lowest BCUT2D eigenvalue weighted by Crippen LogP contribution is -2.43. The second-order valence-electron chi connectivity index (χ2n) is 3.33. The number of nitrogens with zero attached hydrogens (tertiary/aromatic N) is 1. The molecule has 0 fully saturated rings. The molecule has 3 amide bonds. The van der Waals surface area contributed by atoms with Gasteiger partial charge in [-0.2, -0.15) is 0 Å². The van der Waals surface area contributed by atoms with E-state index in [4.69, 9.17) is 23.1 Å². The van der Waals surface area contributed by atoms with Crippen LogP contribution in [-0.4, -0.2) is 41.6 Å². The number of amides is 3. The van der Waals surface area contributed by atoms with Crippen LogP contribution in [0, 0.1) is 0 Å². The van der Waals surface area contributed by atoms with E-state index in [0.29, 0.717) is 18.7 Å². The number of hydrogen-bond acceptors (Lipinski definition) is 3. The number of primary amides is 2. The van der Waals surface area contributed by atoms with Crippen LogP contribution in [0.3, 0.4) is 0 Å². The van der Waals surface area contributed by atoms with E-state index in [2.05, 4.69) is 0 Å². The van der Waals surface area contributed by atoms with Crippen molar-refractivity contribution < 1.29 is 14.4 Å². The van der Waals surface area contributed by atoms with E-state index in [1.165, 1.54) is 0 Å². The molecular formula is C9H16ClN3O3. The zero-order valence-electron chi connectivity index (χ0n) is 8.95. The minimum Gasteiger partial charge on any atom is -0.368 e. The number of halogens is 1. The molecule has 0 aromatic rings. The van der Waals surface area contributed by atoms with Crippen molar-refractivity contribution in [2.75, 3.05) is 19.0 Å². The van der Waals surface area contributed by atoms with Gasteiger partial charge in [-0.05, 0) is 12.8 Å². The summed E-state index contributed by atoms with van der Waals surface area (Å²) in [5.41, 5.74) is 9.91. The van der Waals surface area contributed by atoms with Crippen molar-refractivity contribution in [2.24, 2.45) is 11.5 Å². The summed E-state index contributed by atoms with van der Waals surface area (Å²) in [7, 11) is 0. The molecule has 0 aliphatic heterocycles. The molecule has 0 radical (unpaired) electrons. The standard InChI is InChI=1S/C9H16ClN3O3/c10-4-2-1-3-9(16)13(5-7(11)14)6-8(12)15/h1-6H2,(H2,11,14)(H2,12,15). The monoisotopic (exact) mass is 249 g/mol. The van der Waals surface area contributed by atoms with Gasteiger partial charge >= 0.3 is 0 Å². The Bertz CT molecular complexity index is 255. The van der Waals surface area contributed by atoms with Crippen molar-refractivity contribution in [3.63, 3.8) is 0 Å². The smallest absolute Gasteiger partial charge is 0.237 e. The van der Waals surface area contributed by atoms with Crippen molar-refractivity contribution in [3.05, 3.63) is 0 Å². The lowest BCUT2D eigenvalue weighted by Gasteiger charge is -2.19. The number of carbonyl (C=O) groups excluding carboxylic acids is 3. The number of unbranched alkanes of at least 4 members (excludes halogenated alkanes) is 1. The molecule has 0 aliphatic carbocycles. The Morgan fingerprint density at radius 1 is 1.00 bits per heavy atom. The first-order valence-electron chi connectivity index (χ1n) is 4.87. The first kappa shape index (κ1) is 14.7. The number of rotatable bonds is 8. The summed E-state index contributed by atoms with van der Waals surface area (Å²) >= 11 is 5.46. The quantitative estimate of drug-likeness (QED) is 0.434. The maximum absolute atomic E-state index is 11.6. The van der Waals surface area contributed by atoms with Crippen molar-refractivity contribution >= 4 is 29.3 Å². The minimum atomic E-state index is -0.674. The third-order valence-corrected chi connectivity index (χ3v) is 2.09. The molecule has 0 rings (SSSR count). The van der Waals surface area contributed by atoms with Gasteiger partial charge in [-0.15, -0.1) is 11.6 Å². The van der Waals surface area contributed by atoms with Gasteiger partial charge in [0, 0.05) is 12.3 Å². The van der Waals surface area contributed by atoms with Gasteiger partial charge in [0.1, 0.15) is 0 Å². The summed E-state index contributed by atoms with van der Waals surface area (Å²) in [6, 6.07) is 0. The average molecular weight is 250 g/mol. The highest BCUT2D eigenvalue weighted by Gasteiger charge is 2.17. The van der Waals surface area contributed by atoms with E-state index in [1.807, 2.05) is 0 Å².